The van der Waals surface area contributed by atoms with Gasteiger partial charge in [0.25, 0.3) is 0 Å². The number of aryl methyl sites for hydroxylation is 1. The number of urea groups is 1. The zero-order valence-electron chi connectivity index (χ0n) is 22.3. The number of carbonyl (C=O) groups excluding carboxylic acids is 2. The van der Waals surface area contributed by atoms with Gasteiger partial charge in [-0.05, 0) is 68.7 Å². The molecule has 1 aliphatic carbocycles. The van der Waals surface area contributed by atoms with Crippen molar-refractivity contribution in [2.45, 2.75) is 65.5 Å². The van der Waals surface area contributed by atoms with Gasteiger partial charge in [0.05, 0.1) is 5.69 Å². The molecular weight excluding hydrogens is 477 g/mol. The minimum absolute atomic E-state index is 0.00162. The summed E-state index contributed by atoms with van der Waals surface area (Å²) in [5.41, 5.74) is 2.00. The lowest BCUT2D eigenvalue weighted by molar-refractivity contribution is -0.130. The van der Waals surface area contributed by atoms with Crippen LogP contribution in [-0.4, -0.2) is 66.0 Å². The molecule has 0 bridgehead atoms. The van der Waals surface area contributed by atoms with Gasteiger partial charge in [0, 0.05) is 44.5 Å². The maximum absolute atomic E-state index is 13.3. The molecule has 1 aromatic carbocycles. The maximum Gasteiger partial charge on any atom is 0.321 e. The minimum Gasteiger partial charge on any atom is -0.343 e. The summed E-state index contributed by atoms with van der Waals surface area (Å²) >= 11 is 1.40. The Bertz CT molecular complexity index is 1030. The second-order valence-electron chi connectivity index (χ2n) is 11.0. The normalized spacial score (nSPS) is 20.3. The van der Waals surface area contributed by atoms with Crippen LogP contribution >= 0.6 is 11.3 Å². The van der Waals surface area contributed by atoms with Crippen LogP contribution in [0.25, 0.3) is 0 Å². The van der Waals surface area contributed by atoms with Gasteiger partial charge >= 0.3 is 6.03 Å². The molecule has 1 fully saturated rings. The van der Waals surface area contributed by atoms with Gasteiger partial charge in [0.15, 0.2) is 5.13 Å². The standard InChI is InChI=1S/C27H40FN5O2S/c1-18-16-36-26(29-18)31-25(35)30-24-13-23(33(6)19(2)34)12-9-21(24)15-32(5)17-27(3,4)14-20-7-10-22(28)11-8-20/h7-8,10-11,16,21,23-24H,9,12-15,17H2,1-6H3,(H2,29,30,31,35)/t21-,23-,24+/m0/s1. The Morgan fingerprint density at radius 3 is 2.50 bits per heavy atom. The quantitative estimate of drug-likeness (QED) is 0.495. The maximum atomic E-state index is 13.3. The molecule has 1 saturated carbocycles. The molecule has 3 atom stereocenters. The highest BCUT2D eigenvalue weighted by molar-refractivity contribution is 7.13. The van der Waals surface area contributed by atoms with E-state index in [1.807, 2.05) is 31.5 Å². The zero-order chi connectivity index (χ0) is 26.5. The van der Waals surface area contributed by atoms with Gasteiger partial charge in [-0.25, -0.2) is 14.2 Å². The number of nitrogens with one attached hydrogen (secondary N) is 2. The molecule has 9 heteroatoms. The number of aromatic nitrogens is 1. The van der Waals surface area contributed by atoms with Crippen LogP contribution in [-0.2, 0) is 11.2 Å². The van der Waals surface area contributed by atoms with E-state index in [1.54, 1.807) is 11.8 Å². The summed E-state index contributed by atoms with van der Waals surface area (Å²) in [6, 6.07) is 6.52. The van der Waals surface area contributed by atoms with E-state index >= 15 is 0 Å². The van der Waals surface area contributed by atoms with Crippen molar-refractivity contribution in [2.75, 3.05) is 32.5 Å². The Labute approximate surface area is 218 Å². The summed E-state index contributed by atoms with van der Waals surface area (Å²) in [4.78, 5) is 33.3. The topological polar surface area (TPSA) is 77.6 Å². The molecule has 0 radical (unpaired) electrons. The highest BCUT2D eigenvalue weighted by Crippen LogP contribution is 2.30. The lowest BCUT2D eigenvalue weighted by Gasteiger charge is -2.42. The van der Waals surface area contributed by atoms with Crippen LogP contribution in [0.15, 0.2) is 29.6 Å². The average Bonchev–Trinajstić information content (AvgIpc) is 3.19. The predicted molar refractivity (Wildman–Crippen MR) is 144 cm³/mol. The first-order valence-corrected chi connectivity index (χ1v) is 13.5. The summed E-state index contributed by atoms with van der Waals surface area (Å²) in [5, 5.41) is 8.52. The molecule has 3 rings (SSSR count). The third kappa shape index (κ3) is 8.27. The third-order valence-electron chi connectivity index (χ3n) is 7.01. The van der Waals surface area contributed by atoms with Gasteiger partial charge in [-0.1, -0.05) is 26.0 Å². The molecule has 1 aliphatic rings. The second kappa shape index (κ2) is 12.1. The van der Waals surface area contributed by atoms with E-state index in [1.165, 1.54) is 23.5 Å². The fourth-order valence-corrected chi connectivity index (χ4v) is 6.02. The smallest absolute Gasteiger partial charge is 0.321 e. The Morgan fingerprint density at radius 1 is 1.19 bits per heavy atom. The predicted octanol–water partition coefficient (Wildman–Crippen LogP) is 4.93. The van der Waals surface area contributed by atoms with Gasteiger partial charge in [0.1, 0.15) is 5.82 Å². The lowest BCUT2D eigenvalue weighted by atomic mass is 9.80. The van der Waals surface area contributed by atoms with Crippen molar-refractivity contribution in [3.8, 4) is 0 Å². The number of carbonyl (C=O) groups is 2. The van der Waals surface area contributed by atoms with Crippen molar-refractivity contribution in [3.05, 3.63) is 46.7 Å². The Balaban J connectivity index is 1.63. The van der Waals surface area contributed by atoms with Crippen molar-refractivity contribution in [2.24, 2.45) is 11.3 Å². The van der Waals surface area contributed by atoms with Crippen LogP contribution in [0.1, 0.15) is 51.3 Å². The number of benzene rings is 1. The summed E-state index contributed by atoms with van der Waals surface area (Å²) < 4.78 is 13.3. The van der Waals surface area contributed by atoms with Gasteiger partial charge in [-0.15, -0.1) is 11.3 Å². The van der Waals surface area contributed by atoms with Crippen molar-refractivity contribution < 1.29 is 14.0 Å². The van der Waals surface area contributed by atoms with E-state index in [9.17, 15) is 14.0 Å². The molecule has 1 heterocycles. The number of thiazole rings is 1. The number of nitrogens with zero attached hydrogens (tertiary/aromatic N) is 3. The minimum atomic E-state index is -0.259. The second-order valence-corrected chi connectivity index (χ2v) is 11.9. The molecule has 3 amide bonds. The van der Waals surface area contributed by atoms with E-state index in [4.69, 9.17) is 0 Å². The van der Waals surface area contributed by atoms with Crippen LogP contribution in [0, 0.1) is 24.1 Å². The van der Waals surface area contributed by atoms with Crippen LogP contribution in [0.4, 0.5) is 14.3 Å². The summed E-state index contributed by atoms with van der Waals surface area (Å²) in [6.45, 7) is 9.64. The molecular formula is C27H40FN5O2S. The molecule has 198 valence electrons. The van der Waals surface area contributed by atoms with Crippen LogP contribution in [0.2, 0.25) is 0 Å². The Hall–Kier alpha value is -2.52. The van der Waals surface area contributed by atoms with Crippen LogP contribution < -0.4 is 10.6 Å². The largest absolute Gasteiger partial charge is 0.343 e. The summed E-state index contributed by atoms with van der Waals surface area (Å²) in [5.74, 6) is 0.0869. The van der Waals surface area contributed by atoms with Crippen molar-refractivity contribution >= 4 is 28.4 Å². The van der Waals surface area contributed by atoms with Gasteiger partial charge in [0.2, 0.25) is 5.91 Å². The molecule has 36 heavy (non-hydrogen) atoms. The molecule has 2 N–H and O–H groups in total. The first kappa shape index (κ1) is 28.1. The lowest BCUT2D eigenvalue weighted by Crippen LogP contribution is -2.53. The summed E-state index contributed by atoms with van der Waals surface area (Å²) in [6.07, 6.45) is 3.41. The van der Waals surface area contributed by atoms with E-state index in [0.717, 1.165) is 50.0 Å². The van der Waals surface area contributed by atoms with E-state index in [-0.39, 0.29) is 41.2 Å². The fraction of sp³-hybridized carbons (Fsp3) is 0.593. The SMILES string of the molecule is CC(=O)N(C)[C@H]1CC[C@@H](CN(C)CC(C)(C)Cc2ccc(F)cc2)[C@H](NC(=O)Nc2nc(C)cs2)C1. The van der Waals surface area contributed by atoms with Crippen LogP contribution in [0.5, 0.6) is 0 Å². The average molecular weight is 518 g/mol. The molecule has 0 aliphatic heterocycles. The number of amides is 3. The van der Waals surface area contributed by atoms with Gasteiger partial charge in [-0.2, -0.15) is 0 Å². The first-order valence-electron chi connectivity index (χ1n) is 12.6. The third-order valence-corrected chi connectivity index (χ3v) is 7.88. The molecule has 0 unspecified atom stereocenters. The van der Waals surface area contributed by atoms with Gasteiger partial charge < -0.3 is 15.1 Å². The van der Waals surface area contributed by atoms with Crippen molar-refractivity contribution in [1.29, 1.82) is 0 Å². The Kier molecular flexibility index (Phi) is 9.47. The number of hydrogen-bond donors (Lipinski definition) is 2. The highest BCUT2D eigenvalue weighted by Gasteiger charge is 2.35. The van der Waals surface area contributed by atoms with E-state index in [2.05, 4.69) is 41.4 Å². The fourth-order valence-electron chi connectivity index (χ4n) is 5.33. The molecule has 1 aromatic heterocycles. The van der Waals surface area contributed by atoms with Crippen LogP contribution in [0.3, 0.4) is 0 Å². The van der Waals surface area contributed by atoms with Crippen molar-refractivity contribution in [1.82, 2.24) is 20.1 Å². The molecule has 0 spiro atoms. The number of anilines is 1. The molecule has 2 aromatic rings. The van der Waals surface area contributed by atoms with Gasteiger partial charge in [-0.3, -0.25) is 10.1 Å². The number of halogens is 1. The monoisotopic (exact) mass is 517 g/mol. The number of hydrogen-bond acceptors (Lipinski definition) is 5. The molecule has 0 saturated heterocycles. The Morgan fingerprint density at radius 2 is 1.89 bits per heavy atom. The highest BCUT2D eigenvalue weighted by atomic mass is 32.1. The summed E-state index contributed by atoms with van der Waals surface area (Å²) in [7, 11) is 3.96. The first-order chi connectivity index (χ1) is 16.9. The van der Waals surface area contributed by atoms with Crippen molar-refractivity contribution in [3.63, 3.8) is 0 Å². The van der Waals surface area contributed by atoms with E-state index in [0.29, 0.717) is 5.13 Å². The zero-order valence-corrected chi connectivity index (χ0v) is 23.1. The van der Waals surface area contributed by atoms with E-state index < -0.39 is 0 Å². The number of rotatable bonds is 9. The molecule has 7 nitrogen and oxygen atoms in total.